The van der Waals surface area contributed by atoms with Crippen molar-refractivity contribution in [1.29, 1.82) is 0 Å². The van der Waals surface area contributed by atoms with Crippen molar-refractivity contribution < 1.29 is 9.53 Å². The van der Waals surface area contributed by atoms with Gasteiger partial charge < -0.3 is 10.1 Å². The van der Waals surface area contributed by atoms with Gasteiger partial charge in [0.1, 0.15) is 0 Å². The average Bonchev–Trinajstić information content (AvgIpc) is 2.09. The number of ether oxygens (including phenoxy) is 1. The maximum absolute atomic E-state index is 11.3. The minimum absolute atomic E-state index is 0.00232. The normalized spacial score (nSPS) is 13.8. The highest BCUT2D eigenvalue weighted by atomic mass is 33.1. The minimum Gasteiger partial charge on any atom is -0.374 e. The van der Waals surface area contributed by atoms with Crippen LogP contribution in [0.3, 0.4) is 0 Å². The first-order valence-corrected chi connectivity index (χ1v) is 6.52. The Labute approximate surface area is 95.2 Å². The van der Waals surface area contributed by atoms with Gasteiger partial charge in [0.25, 0.3) is 0 Å². The van der Waals surface area contributed by atoms with E-state index >= 15 is 0 Å². The summed E-state index contributed by atoms with van der Waals surface area (Å²) in [5.41, 5.74) is -0.144. The lowest BCUT2D eigenvalue weighted by Crippen LogP contribution is -2.34. The van der Waals surface area contributed by atoms with Gasteiger partial charge in [-0.2, -0.15) is 0 Å². The van der Waals surface area contributed by atoms with Gasteiger partial charge in [-0.3, -0.25) is 4.79 Å². The summed E-state index contributed by atoms with van der Waals surface area (Å²) >= 11 is 3.97. The summed E-state index contributed by atoms with van der Waals surface area (Å²) in [6.07, 6.45) is 0. The summed E-state index contributed by atoms with van der Waals surface area (Å²) in [6, 6.07) is 0. The maximum Gasteiger partial charge on any atom is 0.233 e. The monoisotopic (exact) mass is 237 g/mol. The van der Waals surface area contributed by atoms with Gasteiger partial charge in [0.15, 0.2) is 0 Å². The maximum atomic E-state index is 11.3. The zero-order valence-corrected chi connectivity index (χ0v) is 10.9. The van der Waals surface area contributed by atoms with Crippen molar-refractivity contribution in [2.45, 2.75) is 38.5 Å². The number of thiol groups is 1. The molecule has 14 heavy (non-hydrogen) atoms. The first kappa shape index (κ1) is 14.1. The van der Waals surface area contributed by atoms with Crippen LogP contribution in [0.5, 0.6) is 0 Å². The molecule has 0 aliphatic rings. The number of hydrogen-bond acceptors (Lipinski definition) is 4. The van der Waals surface area contributed by atoms with Crippen molar-refractivity contribution in [2.24, 2.45) is 0 Å². The second-order valence-electron chi connectivity index (χ2n) is 4.00. The predicted molar refractivity (Wildman–Crippen MR) is 64.8 cm³/mol. The van der Waals surface area contributed by atoms with E-state index in [1.807, 2.05) is 27.7 Å². The van der Waals surface area contributed by atoms with Crippen molar-refractivity contribution in [2.75, 3.05) is 13.2 Å². The van der Waals surface area contributed by atoms with E-state index in [2.05, 4.69) is 17.0 Å². The highest BCUT2D eigenvalue weighted by molar-refractivity contribution is 8.69. The third kappa shape index (κ3) is 7.53. The summed E-state index contributed by atoms with van der Waals surface area (Å²) < 4.78 is 5.45. The fourth-order valence-corrected chi connectivity index (χ4v) is 1.19. The number of rotatable bonds is 5. The molecular weight excluding hydrogens is 218 g/mol. The largest absolute Gasteiger partial charge is 0.374 e. The van der Waals surface area contributed by atoms with Crippen LogP contribution in [0.4, 0.5) is 0 Å². The smallest absolute Gasteiger partial charge is 0.233 e. The number of hydrogen-bond donors (Lipinski definition) is 2. The Morgan fingerprint density at radius 1 is 1.57 bits per heavy atom. The summed E-state index contributed by atoms with van der Waals surface area (Å²) in [6.45, 7) is 8.87. The summed E-state index contributed by atoms with van der Waals surface area (Å²) in [5, 5.41) is 2.65. The van der Waals surface area contributed by atoms with Gasteiger partial charge >= 0.3 is 0 Å². The highest BCUT2D eigenvalue weighted by Gasteiger charge is 2.12. The zero-order chi connectivity index (χ0) is 11.2. The molecule has 3 nitrogen and oxygen atoms in total. The summed E-state index contributed by atoms with van der Waals surface area (Å²) in [4.78, 5) is 11.3. The topological polar surface area (TPSA) is 38.3 Å². The molecule has 0 radical (unpaired) electrons. The molecule has 0 fully saturated rings. The van der Waals surface area contributed by atoms with Crippen LogP contribution >= 0.6 is 22.5 Å². The van der Waals surface area contributed by atoms with Crippen LogP contribution in [0.1, 0.15) is 27.7 Å². The highest BCUT2D eigenvalue weighted by Crippen LogP contribution is 2.13. The molecule has 0 heterocycles. The van der Waals surface area contributed by atoms with Gasteiger partial charge in [-0.1, -0.05) is 10.8 Å². The molecule has 84 valence electrons. The quantitative estimate of drug-likeness (QED) is 0.436. The molecular formula is C9H19NO2S2. The molecule has 1 atom stereocenters. The minimum atomic E-state index is -0.144. The van der Waals surface area contributed by atoms with Crippen LogP contribution in [0.2, 0.25) is 0 Å². The van der Waals surface area contributed by atoms with Crippen LogP contribution in [0.15, 0.2) is 0 Å². The van der Waals surface area contributed by atoms with Crippen LogP contribution in [0.25, 0.3) is 0 Å². The fraction of sp³-hybridized carbons (Fsp3) is 0.889. The zero-order valence-electron chi connectivity index (χ0n) is 9.16. The van der Waals surface area contributed by atoms with Gasteiger partial charge in [0, 0.05) is 6.54 Å². The first-order valence-electron chi connectivity index (χ1n) is 4.58. The Morgan fingerprint density at radius 3 is 2.57 bits per heavy atom. The van der Waals surface area contributed by atoms with Gasteiger partial charge in [-0.05, 0) is 27.7 Å². The molecule has 1 N–H and O–H groups in total. The van der Waals surface area contributed by atoms with Crippen LogP contribution < -0.4 is 5.32 Å². The van der Waals surface area contributed by atoms with Crippen molar-refractivity contribution in [3.8, 4) is 0 Å². The Bertz CT molecular complexity index is 180. The van der Waals surface area contributed by atoms with Gasteiger partial charge in [0.2, 0.25) is 5.91 Å². The third-order valence-electron chi connectivity index (χ3n) is 1.46. The third-order valence-corrected chi connectivity index (χ3v) is 2.94. The Kier molecular flexibility index (Phi) is 6.64. The molecule has 0 rings (SSSR count). The van der Waals surface area contributed by atoms with E-state index in [0.717, 1.165) is 0 Å². The molecule has 1 amide bonds. The Balaban J connectivity index is 3.51. The molecule has 0 saturated carbocycles. The number of nitrogens with one attached hydrogen (secondary N) is 1. The number of amides is 1. The molecule has 1 unspecified atom stereocenters. The Morgan fingerprint density at radius 2 is 2.14 bits per heavy atom. The van der Waals surface area contributed by atoms with Gasteiger partial charge in [-0.15, -0.1) is 11.7 Å². The van der Waals surface area contributed by atoms with E-state index in [9.17, 15) is 4.79 Å². The first-order chi connectivity index (χ1) is 6.37. The molecule has 0 bridgehead atoms. The molecule has 5 heteroatoms. The van der Waals surface area contributed by atoms with Crippen molar-refractivity contribution in [3.63, 3.8) is 0 Å². The van der Waals surface area contributed by atoms with E-state index in [0.29, 0.717) is 13.2 Å². The van der Waals surface area contributed by atoms with Crippen LogP contribution in [-0.2, 0) is 9.53 Å². The summed E-state index contributed by atoms with van der Waals surface area (Å²) in [7, 11) is 1.24. The second-order valence-corrected chi connectivity index (χ2v) is 5.55. The lowest BCUT2D eigenvalue weighted by molar-refractivity contribution is -0.120. The van der Waals surface area contributed by atoms with Gasteiger partial charge in [-0.25, -0.2) is 0 Å². The predicted octanol–water partition coefficient (Wildman–Crippen LogP) is 1.88. The van der Waals surface area contributed by atoms with E-state index in [4.69, 9.17) is 4.74 Å². The SMILES string of the molecule is CC(SS)C(=O)NCCOC(C)(C)C. The molecule has 0 aliphatic carbocycles. The molecule has 0 saturated heterocycles. The fourth-order valence-electron chi connectivity index (χ4n) is 0.723. The molecule has 0 spiro atoms. The Hall–Kier alpha value is 0.130. The van der Waals surface area contributed by atoms with Crippen LogP contribution in [0, 0.1) is 0 Å². The lowest BCUT2D eigenvalue weighted by atomic mass is 10.2. The van der Waals surface area contributed by atoms with E-state index < -0.39 is 0 Å². The molecule has 0 aromatic carbocycles. The molecule has 0 aliphatic heterocycles. The molecule has 0 aromatic heterocycles. The van der Waals surface area contributed by atoms with Gasteiger partial charge in [0.05, 0.1) is 17.5 Å². The number of carbonyl (C=O) groups is 1. The van der Waals surface area contributed by atoms with E-state index in [1.165, 1.54) is 10.8 Å². The summed E-state index contributed by atoms with van der Waals surface area (Å²) in [5.74, 6) is 0.00232. The number of carbonyl (C=O) groups excluding carboxylic acids is 1. The van der Waals surface area contributed by atoms with Crippen molar-refractivity contribution in [3.05, 3.63) is 0 Å². The lowest BCUT2D eigenvalue weighted by Gasteiger charge is -2.19. The second kappa shape index (κ2) is 6.58. The van der Waals surface area contributed by atoms with E-state index in [-0.39, 0.29) is 16.8 Å². The van der Waals surface area contributed by atoms with Crippen molar-refractivity contribution in [1.82, 2.24) is 5.32 Å². The average molecular weight is 237 g/mol. The van der Waals surface area contributed by atoms with Crippen LogP contribution in [-0.4, -0.2) is 29.9 Å². The van der Waals surface area contributed by atoms with E-state index in [1.54, 1.807) is 0 Å². The molecule has 0 aromatic rings. The van der Waals surface area contributed by atoms with Crippen molar-refractivity contribution >= 4 is 28.4 Å². The standard InChI is InChI=1S/C9H19NO2S2/c1-7(14-13)8(11)10-5-6-12-9(2,3)4/h7,13H,5-6H2,1-4H3,(H,10,11).